The standard InChI is InChI=1S/C31H29F2N5O2/c1-3-22-25(33)8-5-18-11-21(39)12-23(28(18)22)26-13-27-24(29(35-26)37(2)20-6-7-20)15-34-30(36-27)40-17-31-9-4-10-38(31)16-19(32)14-31/h1,5,8,11-13,15,19-20,39H,4,6-7,9-10,14,16-17H2,2H3/t19-,31+/m1/s1. The second kappa shape index (κ2) is 9.27. The highest BCUT2D eigenvalue weighted by Crippen LogP contribution is 2.41. The summed E-state index contributed by atoms with van der Waals surface area (Å²) in [5.41, 5.74) is 1.41. The summed E-state index contributed by atoms with van der Waals surface area (Å²) in [7, 11) is 1.99. The third-order valence-electron chi connectivity index (χ3n) is 8.67. The molecule has 3 fully saturated rings. The highest BCUT2D eigenvalue weighted by Gasteiger charge is 2.49. The third kappa shape index (κ3) is 4.09. The summed E-state index contributed by atoms with van der Waals surface area (Å²) in [5.74, 6) is 2.67. The average Bonchev–Trinajstić information content (AvgIpc) is 3.65. The number of benzene rings is 2. The maximum atomic E-state index is 14.8. The number of phenols is 1. The minimum atomic E-state index is -0.842. The van der Waals surface area contributed by atoms with Crippen LogP contribution in [0.15, 0.2) is 36.5 Å². The second-order valence-corrected chi connectivity index (χ2v) is 11.3. The van der Waals surface area contributed by atoms with Crippen LogP contribution in [-0.2, 0) is 0 Å². The van der Waals surface area contributed by atoms with E-state index < -0.39 is 12.0 Å². The van der Waals surface area contributed by atoms with E-state index >= 15 is 0 Å². The van der Waals surface area contributed by atoms with Crippen LogP contribution in [0.25, 0.3) is 32.9 Å². The molecule has 1 saturated carbocycles. The van der Waals surface area contributed by atoms with Gasteiger partial charge in [0.15, 0.2) is 0 Å². The van der Waals surface area contributed by atoms with Crippen LogP contribution in [0.2, 0.25) is 0 Å². The number of pyridine rings is 1. The van der Waals surface area contributed by atoms with E-state index in [1.807, 2.05) is 7.05 Å². The van der Waals surface area contributed by atoms with Gasteiger partial charge in [-0.25, -0.2) is 18.7 Å². The van der Waals surface area contributed by atoms with Gasteiger partial charge in [0.25, 0.3) is 0 Å². The van der Waals surface area contributed by atoms with Gasteiger partial charge in [0.1, 0.15) is 30.2 Å². The quantitative estimate of drug-likeness (QED) is 0.335. The van der Waals surface area contributed by atoms with Gasteiger partial charge >= 0.3 is 6.01 Å². The van der Waals surface area contributed by atoms with E-state index in [1.165, 1.54) is 6.07 Å². The molecule has 0 bridgehead atoms. The number of nitrogens with zero attached hydrogens (tertiary/aromatic N) is 5. The fourth-order valence-corrected chi connectivity index (χ4v) is 6.52. The lowest BCUT2D eigenvalue weighted by Crippen LogP contribution is -2.43. The third-order valence-corrected chi connectivity index (χ3v) is 8.67. The molecule has 2 atom stereocenters. The van der Waals surface area contributed by atoms with Crippen molar-refractivity contribution in [3.05, 3.63) is 47.9 Å². The Kier molecular flexibility index (Phi) is 5.79. The molecular formula is C31H29F2N5O2. The summed E-state index contributed by atoms with van der Waals surface area (Å²) in [4.78, 5) is 18.5. The summed E-state index contributed by atoms with van der Waals surface area (Å²) < 4.78 is 35.1. The first-order chi connectivity index (χ1) is 19.3. The van der Waals surface area contributed by atoms with Crippen molar-refractivity contribution in [3.63, 3.8) is 0 Å². The number of halogens is 2. The van der Waals surface area contributed by atoms with Crippen LogP contribution in [0.3, 0.4) is 0 Å². The molecule has 2 aromatic carbocycles. The van der Waals surface area contributed by atoms with Gasteiger partial charge < -0.3 is 14.7 Å². The second-order valence-electron chi connectivity index (χ2n) is 11.3. The highest BCUT2D eigenvalue weighted by molar-refractivity contribution is 6.03. The molecule has 7 rings (SSSR count). The molecule has 204 valence electrons. The molecule has 7 nitrogen and oxygen atoms in total. The number of fused-ring (bicyclic) bond motifs is 3. The lowest BCUT2D eigenvalue weighted by atomic mass is 9.95. The van der Waals surface area contributed by atoms with Crippen LogP contribution < -0.4 is 9.64 Å². The van der Waals surface area contributed by atoms with Crippen molar-refractivity contribution < 1.29 is 18.6 Å². The lowest BCUT2D eigenvalue weighted by Gasteiger charge is -2.30. The number of terminal acetylenes is 1. The molecular weight excluding hydrogens is 512 g/mol. The van der Waals surface area contributed by atoms with Crippen LogP contribution in [-0.4, -0.2) is 69.5 Å². The summed E-state index contributed by atoms with van der Waals surface area (Å²) in [6.07, 6.45) is 11.1. The van der Waals surface area contributed by atoms with Crippen LogP contribution >= 0.6 is 0 Å². The normalized spacial score (nSPS) is 22.5. The lowest BCUT2D eigenvalue weighted by molar-refractivity contribution is 0.107. The Morgan fingerprint density at radius 1 is 1.25 bits per heavy atom. The number of alkyl halides is 1. The molecule has 2 saturated heterocycles. The Morgan fingerprint density at radius 3 is 2.90 bits per heavy atom. The molecule has 2 aliphatic heterocycles. The van der Waals surface area contributed by atoms with Gasteiger partial charge in [-0.3, -0.25) is 4.90 Å². The number of rotatable bonds is 6. The maximum Gasteiger partial charge on any atom is 0.316 e. The number of phenolic OH excluding ortho intramolecular Hbond substituents is 1. The van der Waals surface area contributed by atoms with Crippen LogP contribution in [0.4, 0.5) is 14.6 Å². The summed E-state index contributed by atoms with van der Waals surface area (Å²) >= 11 is 0. The van der Waals surface area contributed by atoms with Gasteiger partial charge in [-0.1, -0.05) is 12.0 Å². The van der Waals surface area contributed by atoms with Crippen molar-refractivity contribution in [2.24, 2.45) is 0 Å². The smallest absolute Gasteiger partial charge is 0.316 e. The molecule has 9 heteroatoms. The van der Waals surface area contributed by atoms with E-state index in [2.05, 4.69) is 20.7 Å². The first-order valence-corrected chi connectivity index (χ1v) is 13.7. The fraction of sp³-hybridized carbons (Fsp3) is 0.387. The molecule has 2 aromatic heterocycles. The van der Waals surface area contributed by atoms with Crippen molar-refractivity contribution in [1.82, 2.24) is 19.9 Å². The first kappa shape index (κ1) is 25.0. The zero-order valence-corrected chi connectivity index (χ0v) is 22.2. The maximum absolute atomic E-state index is 14.8. The van der Waals surface area contributed by atoms with Crippen LogP contribution in [0, 0.1) is 18.2 Å². The molecule has 0 spiro atoms. The van der Waals surface area contributed by atoms with Crippen molar-refractivity contribution in [2.75, 3.05) is 31.6 Å². The fourth-order valence-electron chi connectivity index (χ4n) is 6.52. The van der Waals surface area contributed by atoms with Crippen LogP contribution in [0.5, 0.6) is 11.8 Å². The predicted octanol–water partition coefficient (Wildman–Crippen LogP) is 5.22. The number of anilines is 1. The van der Waals surface area contributed by atoms with Gasteiger partial charge in [0.2, 0.25) is 0 Å². The SMILES string of the molecule is C#Cc1c(F)ccc2cc(O)cc(-c3cc4nc(OC[C@@]56CCCN5C[C@H](F)C6)ncc4c(N(C)C4CC4)n3)c12. The Balaban J connectivity index is 1.35. The number of aromatic hydroxyl groups is 1. The Bertz CT molecular complexity index is 1700. The number of hydrogen-bond acceptors (Lipinski definition) is 7. The summed E-state index contributed by atoms with van der Waals surface area (Å²) in [5, 5.41) is 12.4. The molecule has 40 heavy (non-hydrogen) atoms. The van der Waals surface area contributed by atoms with Crippen LogP contribution in [0.1, 0.15) is 37.7 Å². The number of ether oxygens (including phenoxy) is 1. The van der Waals surface area contributed by atoms with E-state index in [-0.39, 0.29) is 22.9 Å². The predicted molar refractivity (Wildman–Crippen MR) is 150 cm³/mol. The summed E-state index contributed by atoms with van der Waals surface area (Å²) in [6, 6.07) is 8.37. The van der Waals surface area contributed by atoms with Gasteiger partial charge in [-0.2, -0.15) is 4.98 Å². The molecule has 0 radical (unpaired) electrons. The topological polar surface area (TPSA) is 74.6 Å². The zero-order valence-electron chi connectivity index (χ0n) is 22.2. The molecule has 0 unspecified atom stereocenters. The first-order valence-electron chi connectivity index (χ1n) is 13.7. The zero-order chi connectivity index (χ0) is 27.6. The van der Waals surface area contributed by atoms with Gasteiger partial charge in [0.05, 0.1) is 27.7 Å². The molecule has 4 aromatic rings. The Morgan fingerprint density at radius 2 is 2.10 bits per heavy atom. The molecule has 1 aliphatic carbocycles. The number of aromatic nitrogens is 3. The van der Waals surface area contributed by atoms with E-state index in [4.69, 9.17) is 21.1 Å². The minimum absolute atomic E-state index is 0.0193. The van der Waals surface area contributed by atoms with E-state index in [0.29, 0.717) is 59.0 Å². The van der Waals surface area contributed by atoms with Gasteiger partial charge in [0, 0.05) is 43.2 Å². The van der Waals surface area contributed by atoms with Crippen molar-refractivity contribution in [1.29, 1.82) is 0 Å². The van der Waals surface area contributed by atoms with E-state index in [9.17, 15) is 13.9 Å². The molecule has 4 heterocycles. The van der Waals surface area contributed by atoms with Gasteiger partial charge in [-0.05, 0) is 61.9 Å². The summed E-state index contributed by atoms with van der Waals surface area (Å²) in [6.45, 7) is 1.66. The molecule has 3 aliphatic rings. The largest absolute Gasteiger partial charge is 0.508 e. The van der Waals surface area contributed by atoms with Gasteiger partial charge in [-0.15, -0.1) is 6.42 Å². The van der Waals surface area contributed by atoms with E-state index in [0.717, 1.165) is 37.6 Å². The van der Waals surface area contributed by atoms with Crippen molar-refractivity contribution in [3.8, 4) is 35.4 Å². The highest BCUT2D eigenvalue weighted by atomic mass is 19.1. The molecule has 1 N–H and O–H groups in total. The molecule has 0 amide bonds. The van der Waals surface area contributed by atoms with Crippen molar-refractivity contribution in [2.45, 2.75) is 49.9 Å². The number of hydrogen-bond donors (Lipinski definition) is 1. The average molecular weight is 542 g/mol. The Hall–Kier alpha value is -4.03. The Labute approximate surface area is 230 Å². The van der Waals surface area contributed by atoms with Crippen molar-refractivity contribution >= 4 is 27.5 Å². The van der Waals surface area contributed by atoms with E-state index in [1.54, 1.807) is 30.5 Å². The minimum Gasteiger partial charge on any atom is -0.508 e. The monoisotopic (exact) mass is 541 g/mol.